The monoisotopic (exact) mass is 332 g/mol. The van der Waals surface area contributed by atoms with Gasteiger partial charge in [0, 0.05) is 19.2 Å². The average molecular weight is 332 g/mol. The number of hydrogen-bond acceptors (Lipinski definition) is 5. The van der Waals surface area contributed by atoms with Crippen LogP contribution >= 0.6 is 11.3 Å². The Balaban J connectivity index is 1.98. The van der Waals surface area contributed by atoms with Gasteiger partial charge in [0.1, 0.15) is 4.88 Å². The van der Waals surface area contributed by atoms with Gasteiger partial charge in [-0.3, -0.25) is 9.59 Å². The molecule has 0 aliphatic rings. The minimum absolute atomic E-state index is 0.0235. The largest absolute Gasteiger partial charge is 0.365 e. The minimum atomic E-state index is -0.153. The van der Waals surface area contributed by atoms with Crippen molar-refractivity contribution in [3.05, 3.63) is 40.9 Å². The van der Waals surface area contributed by atoms with Crippen LogP contribution in [-0.4, -0.2) is 23.8 Å². The first-order valence-corrected chi connectivity index (χ1v) is 8.19. The zero-order valence-corrected chi connectivity index (χ0v) is 14.2. The van der Waals surface area contributed by atoms with Gasteiger partial charge in [0.25, 0.3) is 5.91 Å². The van der Waals surface area contributed by atoms with Gasteiger partial charge < -0.3 is 16.0 Å². The van der Waals surface area contributed by atoms with E-state index in [2.05, 4.69) is 20.9 Å². The van der Waals surface area contributed by atoms with Crippen molar-refractivity contribution in [3.63, 3.8) is 0 Å². The molecule has 0 radical (unpaired) electrons. The Hall–Kier alpha value is -2.41. The number of carbonyl (C=O) groups is 2. The highest BCUT2D eigenvalue weighted by atomic mass is 32.1. The Morgan fingerprint density at radius 2 is 1.96 bits per heavy atom. The smallest absolute Gasteiger partial charge is 0.263 e. The molecule has 1 atom stereocenters. The number of rotatable bonds is 6. The lowest BCUT2D eigenvalue weighted by Gasteiger charge is -2.14. The van der Waals surface area contributed by atoms with Crippen LogP contribution in [0.1, 0.15) is 41.5 Å². The normalized spacial score (nSPS) is 11.6. The van der Waals surface area contributed by atoms with Crippen molar-refractivity contribution in [2.24, 2.45) is 0 Å². The molecule has 23 heavy (non-hydrogen) atoms. The molecule has 1 unspecified atom stereocenters. The lowest BCUT2D eigenvalue weighted by Crippen LogP contribution is -2.25. The number of carbonyl (C=O) groups excluding carboxylic acids is 2. The summed E-state index contributed by atoms with van der Waals surface area (Å²) in [6.45, 7) is 3.72. The third kappa shape index (κ3) is 4.53. The molecule has 0 saturated carbocycles. The van der Waals surface area contributed by atoms with Crippen molar-refractivity contribution >= 4 is 34.0 Å². The van der Waals surface area contributed by atoms with E-state index in [-0.39, 0.29) is 17.9 Å². The second-order valence-corrected chi connectivity index (χ2v) is 6.03. The minimum Gasteiger partial charge on any atom is -0.365 e. The molecule has 0 saturated heterocycles. The van der Waals surface area contributed by atoms with Gasteiger partial charge in [0.05, 0.1) is 12.2 Å². The summed E-state index contributed by atoms with van der Waals surface area (Å²) < 4.78 is 0. The molecule has 0 spiro atoms. The molecule has 0 bridgehead atoms. The maximum Gasteiger partial charge on any atom is 0.263 e. The molecule has 122 valence electrons. The third-order valence-electron chi connectivity index (χ3n) is 3.31. The highest BCUT2D eigenvalue weighted by Crippen LogP contribution is 2.20. The Bertz CT molecular complexity index is 682. The highest BCUT2D eigenvalue weighted by molar-refractivity contribution is 7.17. The second-order valence-electron chi connectivity index (χ2n) is 5.00. The average Bonchev–Trinajstić information content (AvgIpc) is 3.04. The topological polar surface area (TPSA) is 83.1 Å². The van der Waals surface area contributed by atoms with Gasteiger partial charge in [-0.05, 0) is 24.6 Å². The number of aromatic nitrogens is 1. The predicted octanol–water partition coefficient (Wildman–Crippen LogP) is 3.02. The summed E-state index contributed by atoms with van der Waals surface area (Å²) in [5, 5.41) is 9.35. The standard InChI is InChI=1S/C16H20N4O2S/c1-4-14(21)20-12-7-5-11(6-8-12)10(2)19-15(22)13-9-18-16(17-3)23-13/h5-10H,4H2,1-3H3,(H,17,18)(H,19,22)(H,20,21). The Morgan fingerprint density at radius 3 is 2.52 bits per heavy atom. The van der Waals surface area contributed by atoms with Gasteiger partial charge in [-0.25, -0.2) is 4.98 Å². The second kappa shape index (κ2) is 7.73. The van der Waals surface area contributed by atoms with E-state index in [1.54, 1.807) is 20.2 Å². The lowest BCUT2D eigenvalue weighted by molar-refractivity contribution is -0.115. The fraction of sp³-hybridized carbons (Fsp3) is 0.312. The van der Waals surface area contributed by atoms with Crippen LogP contribution in [0.4, 0.5) is 10.8 Å². The Labute approximate surface area is 139 Å². The molecule has 6 nitrogen and oxygen atoms in total. The van der Waals surface area contributed by atoms with Crippen LogP contribution in [0.25, 0.3) is 0 Å². The van der Waals surface area contributed by atoms with Gasteiger partial charge >= 0.3 is 0 Å². The molecular formula is C16H20N4O2S. The van der Waals surface area contributed by atoms with Gasteiger partial charge in [0.15, 0.2) is 5.13 Å². The van der Waals surface area contributed by atoms with E-state index in [0.29, 0.717) is 16.4 Å². The molecule has 2 aromatic rings. The zero-order valence-electron chi connectivity index (χ0n) is 13.3. The van der Waals surface area contributed by atoms with Crippen LogP contribution in [0.15, 0.2) is 30.5 Å². The quantitative estimate of drug-likeness (QED) is 0.759. The van der Waals surface area contributed by atoms with Gasteiger partial charge in [0.2, 0.25) is 5.91 Å². The highest BCUT2D eigenvalue weighted by Gasteiger charge is 2.14. The maximum atomic E-state index is 12.2. The summed E-state index contributed by atoms with van der Waals surface area (Å²) in [5.74, 6) is -0.176. The molecule has 0 aliphatic carbocycles. The Kier molecular flexibility index (Phi) is 5.70. The van der Waals surface area contributed by atoms with Gasteiger partial charge in [-0.2, -0.15) is 0 Å². The SMILES string of the molecule is CCC(=O)Nc1ccc(C(C)NC(=O)c2cnc(NC)s2)cc1. The first-order chi connectivity index (χ1) is 11.0. The predicted molar refractivity (Wildman–Crippen MR) is 92.9 cm³/mol. The first-order valence-electron chi connectivity index (χ1n) is 7.37. The number of nitrogens with zero attached hydrogens (tertiary/aromatic N) is 1. The van der Waals surface area contributed by atoms with E-state index in [4.69, 9.17) is 0 Å². The van der Waals surface area contributed by atoms with Crippen molar-refractivity contribution < 1.29 is 9.59 Å². The van der Waals surface area contributed by atoms with E-state index in [0.717, 1.165) is 11.3 Å². The van der Waals surface area contributed by atoms with Crippen molar-refractivity contribution in [1.29, 1.82) is 0 Å². The van der Waals surface area contributed by atoms with Gasteiger partial charge in [-0.15, -0.1) is 0 Å². The molecule has 2 amide bonds. The van der Waals surface area contributed by atoms with E-state index < -0.39 is 0 Å². The zero-order chi connectivity index (χ0) is 16.8. The van der Waals surface area contributed by atoms with Crippen molar-refractivity contribution in [2.45, 2.75) is 26.3 Å². The van der Waals surface area contributed by atoms with E-state index in [1.165, 1.54) is 11.3 Å². The number of thiazole rings is 1. The van der Waals surface area contributed by atoms with Crippen LogP contribution < -0.4 is 16.0 Å². The fourth-order valence-electron chi connectivity index (χ4n) is 1.95. The molecule has 2 rings (SSSR count). The van der Waals surface area contributed by atoms with E-state index in [9.17, 15) is 9.59 Å². The van der Waals surface area contributed by atoms with Crippen LogP contribution in [0, 0.1) is 0 Å². The molecule has 0 aliphatic heterocycles. The van der Waals surface area contributed by atoms with Crippen LogP contribution in [-0.2, 0) is 4.79 Å². The maximum absolute atomic E-state index is 12.2. The Morgan fingerprint density at radius 1 is 1.26 bits per heavy atom. The molecule has 1 aromatic heterocycles. The summed E-state index contributed by atoms with van der Waals surface area (Å²) in [4.78, 5) is 28.2. The van der Waals surface area contributed by atoms with Crippen molar-refractivity contribution in [1.82, 2.24) is 10.3 Å². The van der Waals surface area contributed by atoms with E-state index in [1.807, 2.05) is 31.2 Å². The number of hydrogen-bond donors (Lipinski definition) is 3. The van der Waals surface area contributed by atoms with Crippen molar-refractivity contribution in [3.8, 4) is 0 Å². The molecule has 1 heterocycles. The third-order valence-corrected chi connectivity index (χ3v) is 4.32. The lowest BCUT2D eigenvalue weighted by atomic mass is 10.1. The molecule has 0 fully saturated rings. The number of anilines is 2. The molecule has 7 heteroatoms. The fourth-order valence-corrected chi connectivity index (χ4v) is 2.62. The summed E-state index contributed by atoms with van der Waals surface area (Å²) in [7, 11) is 1.77. The van der Waals surface area contributed by atoms with Crippen LogP contribution in [0.3, 0.4) is 0 Å². The summed E-state index contributed by atoms with van der Waals surface area (Å²) in [6, 6.07) is 7.30. The summed E-state index contributed by atoms with van der Waals surface area (Å²) in [5.41, 5.74) is 1.71. The number of benzene rings is 1. The summed E-state index contributed by atoms with van der Waals surface area (Å²) in [6.07, 6.45) is 2.00. The molecule has 1 aromatic carbocycles. The van der Waals surface area contributed by atoms with Gasteiger partial charge in [-0.1, -0.05) is 30.4 Å². The molecular weight excluding hydrogens is 312 g/mol. The van der Waals surface area contributed by atoms with Crippen molar-refractivity contribution in [2.75, 3.05) is 17.7 Å². The van der Waals surface area contributed by atoms with Crippen LogP contribution in [0.2, 0.25) is 0 Å². The summed E-state index contributed by atoms with van der Waals surface area (Å²) >= 11 is 1.31. The first kappa shape index (κ1) is 17.0. The van der Waals surface area contributed by atoms with E-state index >= 15 is 0 Å². The van der Waals surface area contributed by atoms with Crippen LogP contribution in [0.5, 0.6) is 0 Å². The molecule has 3 N–H and O–H groups in total. The number of nitrogens with one attached hydrogen (secondary N) is 3. The number of amides is 2.